The van der Waals surface area contributed by atoms with Gasteiger partial charge >= 0.3 is 0 Å². The highest BCUT2D eigenvalue weighted by atomic mass is 32.2. The molecule has 0 aromatic heterocycles. The molecule has 0 saturated heterocycles. The maximum Gasteiger partial charge on any atom is 0.255 e. The van der Waals surface area contributed by atoms with Crippen LogP contribution in [0.3, 0.4) is 0 Å². The van der Waals surface area contributed by atoms with E-state index in [1.165, 1.54) is 18.6 Å². The minimum absolute atomic E-state index is 0.0785. The number of anilines is 1. The molecule has 3 rings (SSSR count). The zero-order valence-electron chi connectivity index (χ0n) is 15.6. The highest BCUT2D eigenvalue weighted by Crippen LogP contribution is 2.27. The fourth-order valence-corrected chi connectivity index (χ4v) is 5.33. The number of nitrogens with one attached hydrogen (secondary N) is 1. The Kier molecular flexibility index (Phi) is 6.29. The van der Waals surface area contributed by atoms with Crippen LogP contribution in [0.4, 0.5) is 5.69 Å². The molecule has 0 unspecified atom stereocenters. The molecule has 1 fully saturated rings. The highest BCUT2D eigenvalue weighted by molar-refractivity contribution is 7.89. The van der Waals surface area contributed by atoms with E-state index in [9.17, 15) is 13.2 Å². The first-order valence-electron chi connectivity index (χ1n) is 9.50. The summed E-state index contributed by atoms with van der Waals surface area (Å²) >= 11 is 0. The van der Waals surface area contributed by atoms with Gasteiger partial charge < -0.3 is 5.32 Å². The number of benzene rings is 2. The van der Waals surface area contributed by atoms with Gasteiger partial charge in [0.05, 0.1) is 4.90 Å². The molecule has 2 aromatic carbocycles. The number of rotatable bonds is 6. The summed E-state index contributed by atoms with van der Waals surface area (Å²) in [6.07, 6.45) is 5.18. The van der Waals surface area contributed by atoms with Gasteiger partial charge in [-0.2, -0.15) is 4.31 Å². The topological polar surface area (TPSA) is 66.5 Å². The normalized spacial score (nSPS) is 15.6. The van der Waals surface area contributed by atoms with E-state index in [2.05, 4.69) is 5.32 Å². The Hall–Kier alpha value is -2.18. The van der Waals surface area contributed by atoms with E-state index in [0.29, 0.717) is 17.8 Å². The van der Waals surface area contributed by atoms with Gasteiger partial charge in [0, 0.05) is 23.8 Å². The van der Waals surface area contributed by atoms with Crippen LogP contribution in [0.2, 0.25) is 0 Å². The lowest BCUT2D eigenvalue weighted by Crippen LogP contribution is -2.41. The van der Waals surface area contributed by atoms with Gasteiger partial charge in [-0.3, -0.25) is 4.79 Å². The summed E-state index contributed by atoms with van der Waals surface area (Å²) in [5.74, 6) is -0.259. The number of carbonyl (C=O) groups is 1. The fourth-order valence-electron chi connectivity index (χ4n) is 3.63. The molecule has 1 N–H and O–H groups in total. The number of carbonyl (C=O) groups excluding carboxylic acids is 1. The van der Waals surface area contributed by atoms with Crippen LogP contribution in [0.5, 0.6) is 0 Å². The van der Waals surface area contributed by atoms with Crippen LogP contribution in [0.25, 0.3) is 0 Å². The molecule has 27 heavy (non-hydrogen) atoms. The van der Waals surface area contributed by atoms with E-state index in [0.717, 1.165) is 25.7 Å². The van der Waals surface area contributed by atoms with Crippen LogP contribution in [-0.2, 0) is 10.0 Å². The number of hydrogen-bond donors (Lipinski definition) is 1. The number of amides is 1. The van der Waals surface area contributed by atoms with Gasteiger partial charge in [-0.1, -0.05) is 44.4 Å². The fraction of sp³-hybridized carbons (Fsp3) is 0.381. The molecule has 0 radical (unpaired) electrons. The van der Waals surface area contributed by atoms with Crippen molar-refractivity contribution in [1.29, 1.82) is 0 Å². The molecular weight excluding hydrogens is 360 g/mol. The summed E-state index contributed by atoms with van der Waals surface area (Å²) in [5.41, 5.74) is 1.13. The minimum Gasteiger partial charge on any atom is -0.322 e. The molecule has 1 aliphatic rings. The third kappa shape index (κ3) is 4.57. The van der Waals surface area contributed by atoms with Gasteiger partial charge in [-0.15, -0.1) is 0 Å². The lowest BCUT2D eigenvalue weighted by atomic mass is 9.95. The molecule has 2 aromatic rings. The zero-order chi connectivity index (χ0) is 19.3. The molecule has 144 valence electrons. The summed E-state index contributed by atoms with van der Waals surface area (Å²) in [7, 11) is -3.55. The summed E-state index contributed by atoms with van der Waals surface area (Å²) in [5, 5.41) is 2.80. The van der Waals surface area contributed by atoms with Gasteiger partial charge in [0.25, 0.3) is 5.91 Å². The van der Waals surface area contributed by atoms with Crippen molar-refractivity contribution >= 4 is 21.6 Å². The second kappa shape index (κ2) is 8.67. The quantitative estimate of drug-likeness (QED) is 0.806. The van der Waals surface area contributed by atoms with Crippen LogP contribution < -0.4 is 5.32 Å². The average Bonchev–Trinajstić information content (AvgIpc) is 2.70. The Morgan fingerprint density at radius 3 is 2.22 bits per heavy atom. The monoisotopic (exact) mass is 386 g/mol. The third-order valence-corrected chi connectivity index (χ3v) is 7.09. The molecule has 0 atom stereocenters. The molecule has 0 aliphatic heterocycles. The first-order valence-corrected chi connectivity index (χ1v) is 10.9. The van der Waals surface area contributed by atoms with E-state index in [4.69, 9.17) is 0 Å². The molecular formula is C21H26N2O3S. The predicted octanol–water partition coefficient (Wildman–Crippen LogP) is 4.28. The standard InChI is InChI=1S/C21H26N2O3S/c1-2-23(19-11-7-4-8-12-19)27(25,26)20-15-13-17(14-16-20)21(24)22-18-9-5-3-6-10-18/h3,5-6,9-10,13-16,19H,2,4,7-8,11-12H2,1H3,(H,22,24). The molecule has 1 aliphatic carbocycles. The van der Waals surface area contributed by atoms with Crippen molar-refractivity contribution in [2.45, 2.75) is 50.0 Å². The molecule has 0 heterocycles. The SMILES string of the molecule is CCN(C1CCCCC1)S(=O)(=O)c1ccc(C(=O)Nc2ccccc2)cc1. The van der Waals surface area contributed by atoms with Gasteiger partial charge in [0.15, 0.2) is 0 Å². The van der Waals surface area contributed by atoms with E-state index in [1.807, 2.05) is 25.1 Å². The Balaban J connectivity index is 1.75. The predicted molar refractivity (Wildman–Crippen MR) is 107 cm³/mol. The highest BCUT2D eigenvalue weighted by Gasteiger charge is 2.31. The number of para-hydroxylation sites is 1. The zero-order valence-corrected chi connectivity index (χ0v) is 16.4. The van der Waals surface area contributed by atoms with Crippen molar-refractivity contribution in [1.82, 2.24) is 4.31 Å². The van der Waals surface area contributed by atoms with Crippen molar-refractivity contribution < 1.29 is 13.2 Å². The second-order valence-electron chi connectivity index (χ2n) is 6.84. The van der Waals surface area contributed by atoms with Crippen molar-refractivity contribution in [2.24, 2.45) is 0 Å². The third-order valence-electron chi connectivity index (χ3n) is 5.05. The summed E-state index contributed by atoms with van der Waals surface area (Å²) in [4.78, 5) is 12.6. The van der Waals surface area contributed by atoms with Crippen LogP contribution in [0, 0.1) is 0 Å². The number of sulfonamides is 1. The summed E-state index contributed by atoms with van der Waals surface area (Å²) < 4.78 is 27.7. The molecule has 0 bridgehead atoms. The second-order valence-corrected chi connectivity index (χ2v) is 8.74. The number of nitrogens with zero attached hydrogens (tertiary/aromatic N) is 1. The average molecular weight is 387 g/mol. The van der Waals surface area contributed by atoms with Gasteiger partial charge in [-0.05, 0) is 49.2 Å². The first kappa shape index (κ1) is 19.6. The van der Waals surface area contributed by atoms with Gasteiger partial charge in [0.1, 0.15) is 0 Å². The molecule has 0 spiro atoms. The summed E-state index contributed by atoms with van der Waals surface area (Å²) in [6.45, 7) is 2.34. The largest absolute Gasteiger partial charge is 0.322 e. The van der Waals surface area contributed by atoms with Crippen molar-refractivity contribution in [3.05, 3.63) is 60.2 Å². The smallest absolute Gasteiger partial charge is 0.255 e. The molecule has 1 saturated carbocycles. The van der Waals surface area contributed by atoms with E-state index in [-0.39, 0.29) is 16.8 Å². The van der Waals surface area contributed by atoms with Crippen LogP contribution in [0.15, 0.2) is 59.5 Å². The Labute approximate surface area is 161 Å². The van der Waals surface area contributed by atoms with Crippen molar-refractivity contribution in [2.75, 3.05) is 11.9 Å². The Morgan fingerprint density at radius 2 is 1.63 bits per heavy atom. The minimum atomic E-state index is -3.55. The van der Waals surface area contributed by atoms with Crippen molar-refractivity contribution in [3.63, 3.8) is 0 Å². The van der Waals surface area contributed by atoms with Gasteiger partial charge in [0.2, 0.25) is 10.0 Å². The first-order chi connectivity index (χ1) is 13.0. The van der Waals surface area contributed by atoms with E-state index < -0.39 is 10.0 Å². The maximum atomic E-state index is 13.1. The Morgan fingerprint density at radius 1 is 1.00 bits per heavy atom. The lowest BCUT2D eigenvalue weighted by Gasteiger charge is -2.32. The van der Waals surface area contributed by atoms with Crippen LogP contribution in [0.1, 0.15) is 49.4 Å². The lowest BCUT2D eigenvalue weighted by molar-refractivity contribution is 0.102. The maximum absolute atomic E-state index is 13.1. The van der Waals surface area contributed by atoms with Crippen molar-refractivity contribution in [3.8, 4) is 0 Å². The van der Waals surface area contributed by atoms with E-state index in [1.54, 1.807) is 28.6 Å². The molecule has 1 amide bonds. The van der Waals surface area contributed by atoms with Gasteiger partial charge in [-0.25, -0.2) is 8.42 Å². The number of hydrogen-bond acceptors (Lipinski definition) is 3. The summed E-state index contributed by atoms with van der Waals surface area (Å²) in [6, 6.07) is 15.4. The molecule has 6 heteroatoms. The molecule has 5 nitrogen and oxygen atoms in total. The van der Waals surface area contributed by atoms with Crippen LogP contribution in [-0.4, -0.2) is 31.2 Å². The van der Waals surface area contributed by atoms with Crippen LogP contribution >= 0.6 is 0 Å². The Bertz CT molecular complexity index is 858. The van der Waals surface area contributed by atoms with E-state index >= 15 is 0 Å².